The lowest BCUT2D eigenvalue weighted by molar-refractivity contribution is -0.115. The minimum absolute atomic E-state index is 0.0756. The van der Waals surface area contributed by atoms with Crippen LogP contribution in [0.3, 0.4) is 0 Å². The normalized spacial score (nSPS) is 13.7. The van der Waals surface area contributed by atoms with E-state index in [-0.39, 0.29) is 17.9 Å². The summed E-state index contributed by atoms with van der Waals surface area (Å²) >= 11 is 1.65. The Balaban J connectivity index is 1.39. The molecule has 1 heterocycles. The molecule has 4 rings (SSSR count). The van der Waals surface area contributed by atoms with Crippen molar-refractivity contribution in [3.8, 4) is 5.75 Å². The van der Waals surface area contributed by atoms with Crippen molar-refractivity contribution in [1.82, 2.24) is 4.98 Å². The summed E-state index contributed by atoms with van der Waals surface area (Å²) in [7, 11) is 1.45. The molecule has 1 fully saturated rings. The molecule has 164 valence electrons. The first kappa shape index (κ1) is 21.8. The molecule has 1 aliphatic carbocycles. The van der Waals surface area contributed by atoms with Gasteiger partial charge < -0.3 is 15.2 Å². The van der Waals surface area contributed by atoms with Crippen LogP contribution in [0, 0.1) is 0 Å². The molecular weight excluding hydrogens is 424 g/mol. The number of benzene rings is 2. The van der Waals surface area contributed by atoms with E-state index in [4.69, 9.17) is 14.8 Å². The SMILES string of the molecule is COc1cc(C(=O)O)ccc1CC(=O)Nc1cccc(C=Cc2nc(C3CCC3)cs2)c1. The first-order valence-corrected chi connectivity index (χ1v) is 11.3. The summed E-state index contributed by atoms with van der Waals surface area (Å²) in [6.45, 7) is 0. The van der Waals surface area contributed by atoms with Crippen molar-refractivity contribution in [1.29, 1.82) is 0 Å². The van der Waals surface area contributed by atoms with Crippen molar-refractivity contribution < 1.29 is 19.4 Å². The number of carboxylic acid groups (broad SMARTS) is 1. The summed E-state index contributed by atoms with van der Waals surface area (Å²) in [5, 5.41) is 15.1. The highest BCUT2D eigenvalue weighted by molar-refractivity contribution is 7.10. The third kappa shape index (κ3) is 5.23. The molecule has 0 bridgehead atoms. The fraction of sp³-hybridized carbons (Fsp3) is 0.240. The van der Waals surface area contributed by atoms with E-state index in [1.54, 1.807) is 17.4 Å². The van der Waals surface area contributed by atoms with Gasteiger partial charge in [0.15, 0.2) is 0 Å². The fourth-order valence-electron chi connectivity index (χ4n) is 3.56. The largest absolute Gasteiger partial charge is 0.496 e. The number of methoxy groups -OCH3 is 1. The minimum atomic E-state index is -1.04. The first-order chi connectivity index (χ1) is 15.5. The Hall–Kier alpha value is -3.45. The van der Waals surface area contributed by atoms with E-state index in [2.05, 4.69) is 10.7 Å². The summed E-state index contributed by atoms with van der Waals surface area (Å²) in [5.41, 5.74) is 3.59. The highest BCUT2D eigenvalue weighted by Gasteiger charge is 2.21. The Morgan fingerprint density at radius 3 is 2.78 bits per heavy atom. The predicted molar refractivity (Wildman–Crippen MR) is 126 cm³/mol. The zero-order valence-electron chi connectivity index (χ0n) is 17.7. The molecule has 0 spiro atoms. The van der Waals surface area contributed by atoms with Crippen LogP contribution in [-0.2, 0) is 11.2 Å². The molecule has 1 aliphatic rings. The average Bonchev–Trinajstić information content (AvgIpc) is 3.19. The van der Waals surface area contributed by atoms with E-state index >= 15 is 0 Å². The number of carbonyl (C=O) groups is 2. The van der Waals surface area contributed by atoms with Gasteiger partial charge in [0.05, 0.1) is 24.8 Å². The van der Waals surface area contributed by atoms with E-state index in [1.165, 1.54) is 44.2 Å². The zero-order valence-corrected chi connectivity index (χ0v) is 18.5. The topological polar surface area (TPSA) is 88.5 Å². The molecule has 3 aromatic rings. The Morgan fingerprint density at radius 1 is 1.22 bits per heavy atom. The van der Waals surface area contributed by atoms with Crippen LogP contribution in [0.1, 0.15) is 57.4 Å². The fourth-order valence-corrected chi connectivity index (χ4v) is 4.35. The minimum Gasteiger partial charge on any atom is -0.496 e. The summed E-state index contributed by atoms with van der Waals surface area (Å²) in [4.78, 5) is 28.4. The molecular formula is C25H24N2O4S. The molecule has 2 aromatic carbocycles. The molecule has 6 nitrogen and oxygen atoms in total. The number of carbonyl (C=O) groups excluding carboxylic acids is 1. The molecule has 2 N–H and O–H groups in total. The number of aromatic carboxylic acids is 1. The zero-order chi connectivity index (χ0) is 22.5. The monoisotopic (exact) mass is 448 g/mol. The van der Waals surface area contributed by atoms with E-state index in [0.717, 1.165) is 10.6 Å². The summed E-state index contributed by atoms with van der Waals surface area (Å²) in [6.07, 6.45) is 7.85. The van der Waals surface area contributed by atoms with Gasteiger partial charge in [0.1, 0.15) is 10.8 Å². The van der Waals surface area contributed by atoms with Crippen LogP contribution in [0.5, 0.6) is 5.75 Å². The number of nitrogens with zero attached hydrogens (tertiary/aromatic N) is 1. The molecule has 0 saturated heterocycles. The van der Waals surface area contributed by atoms with Crippen LogP contribution < -0.4 is 10.1 Å². The van der Waals surface area contributed by atoms with Gasteiger partial charge in [-0.3, -0.25) is 4.79 Å². The standard InChI is InChI=1S/C25H24N2O4S/c1-31-22-13-19(25(29)30)10-9-18(22)14-23(28)26-20-7-2-4-16(12-20)8-11-24-27-21(15-32-24)17-5-3-6-17/h2,4,7-13,15,17H,3,5-6,14H2,1H3,(H,26,28)(H,29,30). The molecule has 0 atom stereocenters. The van der Waals surface area contributed by atoms with Crippen molar-refractivity contribution >= 4 is 41.1 Å². The van der Waals surface area contributed by atoms with Gasteiger partial charge in [-0.2, -0.15) is 0 Å². The average molecular weight is 449 g/mol. The van der Waals surface area contributed by atoms with Gasteiger partial charge in [0, 0.05) is 22.5 Å². The van der Waals surface area contributed by atoms with Gasteiger partial charge in [0.25, 0.3) is 0 Å². The molecule has 1 aromatic heterocycles. The number of amides is 1. The second-order valence-corrected chi connectivity index (χ2v) is 8.64. The number of anilines is 1. The lowest BCUT2D eigenvalue weighted by Crippen LogP contribution is -2.15. The van der Waals surface area contributed by atoms with Crippen molar-refractivity contribution in [2.24, 2.45) is 0 Å². The molecule has 32 heavy (non-hydrogen) atoms. The summed E-state index contributed by atoms with van der Waals surface area (Å²) < 4.78 is 5.25. The molecule has 0 unspecified atom stereocenters. The number of aromatic nitrogens is 1. The Labute approximate surface area is 190 Å². The first-order valence-electron chi connectivity index (χ1n) is 10.5. The van der Waals surface area contributed by atoms with Crippen LogP contribution >= 0.6 is 11.3 Å². The van der Waals surface area contributed by atoms with Crippen LogP contribution in [0.2, 0.25) is 0 Å². The number of hydrogen-bond donors (Lipinski definition) is 2. The maximum Gasteiger partial charge on any atom is 0.335 e. The highest BCUT2D eigenvalue weighted by atomic mass is 32.1. The summed E-state index contributed by atoms with van der Waals surface area (Å²) in [5.74, 6) is -0.244. The Kier molecular flexibility index (Phi) is 6.66. The molecule has 0 aliphatic heterocycles. The number of thiazole rings is 1. The van der Waals surface area contributed by atoms with Crippen LogP contribution in [0.15, 0.2) is 47.8 Å². The summed E-state index contributed by atoms with van der Waals surface area (Å²) in [6, 6.07) is 12.1. The number of rotatable bonds is 8. The van der Waals surface area contributed by atoms with E-state index in [1.807, 2.05) is 36.4 Å². The molecule has 0 radical (unpaired) electrons. The van der Waals surface area contributed by atoms with Crippen LogP contribution in [-0.4, -0.2) is 29.1 Å². The van der Waals surface area contributed by atoms with Crippen molar-refractivity contribution in [2.75, 3.05) is 12.4 Å². The quantitative estimate of drug-likeness (QED) is 0.477. The Bertz CT molecular complexity index is 1160. The number of nitrogens with one attached hydrogen (secondary N) is 1. The third-order valence-corrected chi connectivity index (χ3v) is 6.37. The number of hydrogen-bond acceptors (Lipinski definition) is 5. The van der Waals surface area contributed by atoms with Crippen molar-refractivity contribution in [2.45, 2.75) is 31.6 Å². The second kappa shape index (κ2) is 9.78. The van der Waals surface area contributed by atoms with E-state index in [0.29, 0.717) is 22.9 Å². The second-order valence-electron chi connectivity index (χ2n) is 7.75. The number of carboxylic acids is 1. The Morgan fingerprint density at radius 2 is 2.06 bits per heavy atom. The van der Waals surface area contributed by atoms with E-state index < -0.39 is 5.97 Å². The van der Waals surface area contributed by atoms with Gasteiger partial charge in [-0.15, -0.1) is 11.3 Å². The van der Waals surface area contributed by atoms with Gasteiger partial charge >= 0.3 is 5.97 Å². The van der Waals surface area contributed by atoms with Gasteiger partial charge in [-0.25, -0.2) is 9.78 Å². The van der Waals surface area contributed by atoms with Crippen LogP contribution in [0.4, 0.5) is 5.69 Å². The van der Waals surface area contributed by atoms with Crippen molar-refractivity contribution in [3.05, 3.63) is 75.2 Å². The van der Waals surface area contributed by atoms with Gasteiger partial charge in [-0.05, 0) is 48.7 Å². The number of ether oxygens (including phenoxy) is 1. The lowest BCUT2D eigenvalue weighted by atomic mass is 9.83. The maximum atomic E-state index is 12.6. The van der Waals surface area contributed by atoms with E-state index in [9.17, 15) is 9.59 Å². The molecule has 1 saturated carbocycles. The molecule has 7 heteroatoms. The molecule has 1 amide bonds. The maximum absolute atomic E-state index is 12.6. The van der Waals surface area contributed by atoms with Gasteiger partial charge in [-0.1, -0.05) is 30.7 Å². The van der Waals surface area contributed by atoms with Crippen LogP contribution in [0.25, 0.3) is 12.2 Å². The van der Waals surface area contributed by atoms with Gasteiger partial charge in [0.2, 0.25) is 5.91 Å². The predicted octanol–water partition coefficient (Wildman–Crippen LogP) is 5.47. The lowest BCUT2D eigenvalue weighted by Gasteiger charge is -2.22. The highest BCUT2D eigenvalue weighted by Crippen LogP contribution is 2.36. The third-order valence-electron chi connectivity index (χ3n) is 5.54. The van der Waals surface area contributed by atoms with Crippen molar-refractivity contribution in [3.63, 3.8) is 0 Å². The smallest absolute Gasteiger partial charge is 0.335 e.